The SMILES string of the molecule is CC(O)C(N)(Cl)Cl.ClCc1cccc2ccccc12. The topological polar surface area (TPSA) is 46.2 Å². The molecule has 0 amide bonds. The summed E-state index contributed by atoms with van der Waals surface area (Å²) in [5, 5.41) is 11.0. The van der Waals surface area contributed by atoms with Crippen LogP contribution in [0.4, 0.5) is 0 Å². The van der Waals surface area contributed by atoms with Crippen LogP contribution < -0.4 is 5.73 Å². The Balaban J connectivity index is 0.000000224. The van der Waals surface area contributed by atoms with Crippen molar-refractivity contribution in [2.24, 2.45) is 5.73 Å². The first kappa shape index (κ1) is 16.5. The smallest absolute Gasteiger partial charge is 0.192 e. The number of fused-ring (bicyclic) bond motifs is 1. The van der Waals surface area contributed by atoms with Gasteiger partial charge >= 0.3 is 0 Å². The first-order valence-corrected chi connectivity index (χ1v) is 7.02. The van der Waals surface area contributed by atoms with Gasteiger partial charge in [-0.3, -0.25) is 5.73 Å². The van der Waals surface area contributed by atoms with Gasteiger partial charge in [0.25, 0.3) is 0 Å². The van der Waals surface area contributed by atoms with Crippen LogP contribution in [0.2, 0.25) is 0 Å². The molecule has 0 radical (unpaired) electrons. The lowest BCUT2D eigenvalue weighted by Gasteiger charge is -2.15. The summed E-state index contributed by atoms with van der Waals surface area (Å²) >= 11 is 16.1. The largest absolute Gasteiger partial charge is 0.389 e. The Hall–Kier alpha value is -0.510. The molecule has 0 aromatic heterocycles. The Bertz CT molecular complexity index is 518. The first-order chi connectivity index (χ1) is 8.86. The third kappa shape index (κ3) is 5.17. The van der Waals surface area contributed by atoms with Gasteiger partial charge in [0.15, 0.2) is 4.46 Å². The molecule has 1 atom stereocenters. The lowest BCUT2D eigenvalue weighted by Crippen LogP contribution is -2.37. The van der Waals surface area contributed by atoms with E-state index in [1.54, 1.807) is 0 Å². The monoisotopic (exact) mass is 319 g/mol. The third-order valence-corrected chi connectivity index (χ3v) is 3.50. The molecule has 0 spiro atoms. The van der Waals surface area contributed by atoms with Crippen molar-refractivity contribution in [1.82, 2.24) is 0 Å². The van der Waals surface area contributed by atoms with Crippen LogP contribution in [0.1, 0.15) is 12.5 Å². The van der Waals surface area contributed by atoms with Gasteiger partial charge in [0.05, 0.1) is 6.10 Å². The maximum atomic E-state index is 8.50. The molecule has 2 rings (SSSR count). The minimum Gasteiger partial charge on any atom is -0.389 e. The van der Waals surface area contributed by atoms with Gasteiger partial charge < -0.3 is 5.11 Å². The van der Waals surface area contributed by atoms with Crippen molar-refractivity contribution in [3.05, 3.63) is 48.0 Å². The molecule has 2 aromatic rings. The Labute approximate surface area is 128 Å². The van der Waals surface area contributed by atoms with Crippen LogP contribution in [0.25, 0.3) is 10.8 Å². The normalized spacial score (nSPS) is 12.7. The highest BCUT2D eigenvalue weighted by Gasteiger charge is 2.23. The fraction of sp³-hybridized carbons (Fsp3) is 0.286. The number of benzene rings is 2. The van der Waals surface area contributed by atoms with Crippen LogP contribution in [0.3, 0.4) is 0 Å². The summed E-state index contributed by atoms with van der Waals surface area (Å²) < 4.78 is -1.50. The van der Waals surface area contributed by atoms with Crippen LogP contribution in [-0.4, -0.2) is 15.7 Å². The minimum atomic E-state index is -1.50. The van der Waals surface area contributed by atoms with Gasteiger partial charge in [0.2, 0.25) is 0 Å². The third-order valence-electron chi connectivity index (χ3n) is 2.58. The summed E-state index contributed by atoms with van der Waals surface area (Å²) in [5.74, 6) is 0.585. The predicted octanol–water partition coefficient (Wildman–Crippen LogP) is 4.04. The second-order valence-corrected chi connectivity index (χ2v) is 5.83. The number of rotatable bonds is 2. The fourth-order valence-electron chi connectivity index (χ4n) is 1.41. The predicted molar refractivity (Wildman–Crippen MR) is 83.8 cm³/mol. The van der Waals surface area contributed by atoms with E-state index in [-0.39, 0.29) is 0 Å². The summed E-state index contributed by atoms with van der Waals surface area (Å²) in [6.07, 6.45) is -0.893. The van der Waals surface area contributed by atoms with Crippen LogP contribution in [0.5, 0.6) is 0 Å². The zero-order valence-electron chi connectivity index (χ0n) is 10.5. The molecule has 104 valence electrons. The van der Waals surface area contributed by atoms with E-state index in [0.717, 1.165) is 0 Å². The zero-order chi connectivity index (χ0) is 14.5. The first-order valence-electron chi connectivity index (χ1n) is 5.73. The fourth-order valence-corrected chi connectivity index (χ4v) is 1.64. The van der Waals surface area contributed by atoms with E-state index in [1.165, 1.54) is 23.3 Å². The summed E-state index contributed by atoms with van der Waals surface area (Å²) in [4.78, 5) is 0. The van der Waals surface area contributed by atoms with Crippen molar-refractivity contribution >= 4 is 45.6 Å². The molecule has 19 heavy (non-hydrogen) atoms. The zero-order valence-corrected chi connectivity index (χ0v) is 12.8. The molecule has 0 saturated carbocycles. The summed E-state index contributed by atoms with van der Waals surface area (Å²) in [7, 11) is 0. The van der Waals surface area contributed by atoms with Crippen molar-refractivity contribution in [1.29, 1.82) is 0 Å². The molecule has 0 bridgehead atoms. The van der Waals surface area contributed by atoms with Crippen LogP contribution in [-0.2, 0) is 5.88 Å². The molecular formula is C14H16Cl3NO. The van der Waals surface area contributed by atoms with E-state index in [4.69, 9.17) is 45.6 Å². The van der Waals surface area contributed by atoms with Crippen LogP contribution >= 0.6 is 34.8 Å². The Morgan fingerprint density at radius 1 is 1.16 bits per heavy atom. The highest BCUT2D eigenvalue weighted by Crippen LogP contribution is 2.19. The Kier molecular flexibility index (Phi) is 6.37. The summed E-state index contributed by atoms with van der Waals surface area (Å²) in [6.45, 7) is 1.42. The van der Waals surface area contributed by atoms with Crippen molar-refractivity contribution in [3.63, 3.8) is 0 Å². The molecular weight excluding hydrogens is 305 g/mol. The van der Waals surface area contributed by atoms with Gasteiger partial charge in [-0.15, -0.1) is 11.6 Å². The number of nitrogens with two attached hydrogens (primary N) is 1. The molecule has 2 aromatic carbocycles. The number of aliphatic hydroxyl groups excluding tert-OH is 1. The average Bonchev–Trinajstić information content (AvgIpc) is 2.37. The van der Waals surface area contributed by atoms with Gasteiger partial charge in [0.1, 0.15) is 0 Å². The molecule has 0 fully saturated rings. The second kappa shape index (κ2) is 7.32. The summed E-state index contributed by atoms with van der Waals surface area (Å²) in [5.41, 5.74) is 6.16. The molecule has 0 aliphatic heterocycles. The molecule has 2 nitrogen and oxygen atoms in total. The molecule has 5 heteroatoms. The van der Waals surface area contributed by atoms with E-state index in [0.29, 0.717) is 5.88 Å². The molecule has 0 heterocycles. The average molecular weight is 321 g/mol. The van der Waals surface area contributed by atoms with Gasteiger partial charge in [-0.05, 0) is 23.3 Å². The van der Waals surface area contributed by atoms with Crippen LogP contribution in [0.15, 0.2) is 42.5 Å². The molecule has 1 unspecified atom stereocenters. The highest BCUT2D eigenvalue weighted by molar-refractivity contribution is 6.48. The Morgan fingerprint density at radius 3 is 2.21 bits per heavy atom. The number of hydrogen-bond acceptors (Lipinski definition) is 2. The van der Waals surface area contributed by atoms with Crippen molar-refractivity contribution in [3.8, 4) is 0 Å². The van der Waals surface area contributed by atoms with Gasteiger partial charge in [0, 0.05) is 5.88 Å². The van der Waals surface area contributed by atoms with E-state index in [1.807, 2.05) is 18.2 Å². The van der Waals surface area contributed by atoms with Crippen LogP contribution in [0, 0.1) is 0 Å². The van der Waals surface area contributed by atoms with Crippen molar-refractivity contribution < 1.29 is 5.11 Å². The van der Waals surface area contributed by atoms with Crippen molar-refractivity contribution in [2.45, 2.75) is 23.4 Å². The maximum absolute atomic E-state index is 8.50. The lowest BCUT2D eigenvalue weighted by atomic mass is 10.1. The van der Waals surface area contributed by atoms with E-state index in [2.05, 4.69) is 24.3 Å². The van der Waals surface area contributed by atoms with Gasteiger partial charge in [-0.1, -0.05) is 65.7 Å². The minimum absolute atomic E-state index is 0.585. The highest BCUT2D eigenvalue weighted by atomic mass is 35.5. The molecule has 0 aliphatic carbocycles. The van der Waals surface area contributed by atoms with E-state index >= 15 is 0 Å². The second-order valence-electron chi connectivity index (χ2n) is 4.12. The molecule has 3 N–H and O–H groups in total. The summed E-state index contributed by atoms with van der Waals surface area (Å²) in [6, 6.07) is 14.5. The quantitative estimate of drug-likeness (QED) is 0.648. The van der Waals surface area contributed by atoms with E-state index < -0.39 is 10.6 Å². The Morgan fingerprint density at radius 2 is 1.68 bits per heavy atom. The number of alkyl halides is 3. The number of aliphatic hydroxyl groups is 1. The lowest BCUT2D eigenvalue weighted by molar-refractivity contribution is 0.177. The molecule has 0 aliphatic rings. The van der Waals surface area contributed by atoms with Crippen molar-refractivity contribution in [2.75, 3.05) is 0 Å². The van der Waals surface area contributed by atoms with Gasteiger partial charge in [-0.25, -0.2) is 0 Å². The number of halogens is 3. The standard InChI is InChI=1S/C11H9Cl.C3H7Cl2NO/c12-8-10-6-3-5-9-4-1-2-7-11(9)10;1-2(7)3(4,5)6/h1-7H,8H2;2,7H,6H2,1H3. The maximum Gasteiger partial charge on any atom is 0.192 e. The number of hydrogen-bond donors (Lipinski definition) is 2. The molecule has 0 saturated heterocycles. The van der Waals surface area contributed by atoms with E-state index in [9.17, 15) is 0 Å². The van der Waals surface area contributed by atoms with Gasteiger partial charge in [-0.2, -0.15) is 0 Å².